The van der Waals surface area contributed by atoms with Gasteiger partial charge in [0.05, 0.1) is 5.56 Å². The van der Waals surface area contributed by atoms with Gasteiger partial charge in [0.1, 0.15) is 0 Å². The molecule has 0 bridgehead atoms. The molecule has 0 aromatic heterocycles. The molecule has 7 heteroatoms. The molecule has 2 aromatic rings. The van der Waals surface area contributed by atoms with Gasteiger partial charge in [-0.05, 0) is 91.8 Å². The van der Waals surface area contributed by atoms with Gasteiger partial charge < -0.3 is 20.6 Å². The van der Waals surface area contributed by atoms with Crippen molar-refractivity contribution in [2.75, 3.05) is 6.54 Å². The Hall–Kier alpha value is -3.35. The van der Waals surface area contributed by atoms with Gasteiger partial charge in [-0.1, -0.05) is 43.5 Å². The fourth-order valence-electron chi connectivity index (χ4n) is 6.40. The maximum Gasteiger partial charge on any atom is 0.335 e. The number of carboxylic acid groups (broad SMARTS) is 1. The Kier molecular flexibility index (Phi) is 6.97. The SMILES string of the molecule is CC(C)(C)NC(=O)N1CCc2c(-c3cccc(C(=O)O)c3)ccc(CNC(=O)C3CC34CCCCC4)c2C1. The third-order valence-electron chi connectivity index (χ3n) is 8.51. The average molecular weight is 518 g/mol. The Morgan fingerprint density at radius 1 is 1.05 bits per heavy atom. The largest absolute Gasteiger partial charge is 0.478 e. The summed E-state index contributed by atoms with van der Waals surface area (Å²) in [7, 11) is 0. The number of hydrogen-bond acceptors (Lipinski definition) is 3. The molecule has 7 nitrogen and oxygen atoms in total. The number of urea groups is 1. The fraction of sp³-hybridized carbons (Fsp3) is 0.516. The van der Waals surface area contributed by atoms with Gasteiger partial charge in [-0.15, -0.1) is 0 Å². The molecule has 3 amide bonds. The van der Waals surface area contributed by atoms with Gasteiger partial charge in [0.25, 0.3) is 0 Å². The first-order valence-corrected chi connectivity index (χ1v) is 13.9. The smallest absolute Gasteiger partial charge is 0.335 e. The highest BCUT2D eigenvalue weighted by Gasteiger charge is 2.57. The van der Waals surface area contributed by atoms with Gasteiger partial charge >= 0.3 is 12.0 Å². The number of carboxylic acids is 1. The zero-order chi connectivity index (χ0) is 27.1. The van der Waals surface area contributed by atoms with Gasteiger partial charge in [-0.3, -0.25) is 4.79 Å². The highest BCUT2D eigenvalue weighted by Crippen LogP contribution is 2.61. The van der Waals surface area contributed by atoms with Crippen LogP contribution in [0.1, 0.15) is 86.3 Å². The van der Waals surface area contributed by atoms with Crippen LogP contribution < -0.4 is 10.6 Å². The van der Waals surface area contributed by atoms with Crippen molar-refractivity contribution in [2.24, 2.45) is 11.3 Å². The van der Waals surface area contributed by atoms with Gasteiger partial charge in [-0.25, -0.2) is 9.59 Å². The van der Waals surface area contributed by atoms with Crippen LogP contribution in [0.25, 0.3) is 11.1 Å². The molecule has 202 valence electrons. The van der Waals surface area contributed by atoms with E-state index in [1.165, 1.54) is 32.1 Å². The third-order valence-corrected chi connectivity index (χ3v) is 8.51. The molecular formula is C31H39N3O4. The second-order valence-electron chi connectivity index (χ2n) is 12.4. The molecular weight excluding hydrogens is 478 g/mol. The van der Waals surface area contributed by atoms with Crippen LogP contribution in [0.5, 0.6) is 0 Å². The first-order chi connectivity index (χ1) is 18.1. The van der Waals surface area contributed by atoms with Crippen LogP contribution in [0.15, 0.2) is 36.4 Å². The Morgan fingerprint density at radius 3 is 2.53 bits per heavy atom. The van der Waals surface area contributed by atoms with Crippen molar-refractivity contribution in [1.29, 1.82) is 0 Å². The second-order valence-corrected chi connectivity index (χ2v) is 12.4. The molecule has 0 saturated heterocycles. The number of fused-ring (bicyclic) bond motifs is 1. The molecule has 2 aliphatic carbocycles. The summed E-state index contributed by atoms with van der Waals surface area (Å²) in [5.41, 5.74) is 5.15. The lowest BCUT2D eigenvalue weighted by Crippen LogP contribution is -2.50. The van der Waals surface area contributed by atoms with Gasteiger partial charge in [0, 0.05) is 31.1 Å². The summed E-state index contributed by atoms with van der Waals surface area (Å²) in [6.07, 6.45) is 7.75. The molecule has 38 heavy (non-hydrogen) atoms. The minimum absolute atomic E-state index is 0.103. The third kappa shape index (κ3) is 5.42. The van der Waals surface area contributed by atoms with E-state index in [0.29, 0.717) is 26.1 Å². The standard InChI is InChI=1S/C31H39N3O4/c1-30(2,3)33-29(38)34-15-12-24-23(20-8-7-9-21(16-20)28(36)37)11-10-22(25(24)19-34)18-32-27(35)26-17-31(26)13-5-4-6-14-31/h7-11,16,26H,4-6,12-15,17-19H2,1-3H3,(H,32,35)(H,33,38)(H,36,37). The van der Waals surface area contributed by atoms with E-state index in [9.17, 15) is 19.5 Å². The molecule has 2 aromatic carbocycles. The number of nitrogens with one attached hydrogen (secondary N) is 2. The number of carbonyl (C=O) groups excluding carboxylic acids is 2. The van der Waals surface area contributed by atoms with Crippen LogP contribution in [0.2, 0.25) is 0 Å². The molecule has 1 aliphatic heterocycles. The van der Waals surface area contributed by atoms with Crippen LogP contribution in [0.4, 0.5) is 4.79 Å². The summed E-state index contributed by atoms with van der Waals surface area (Å²) < 4.78 is 0. The van der Waals surface area contributed by atoms with E-state index in [0.717, 1.165) is 34.2 Å². The monoisotopic (exact) mass is 517 g/mol. The van der Waals surface area contributed by atoms with Crippen molar-refractivity contribution >= 4 is 17.9 Å². The summed E-state index contributed by atoms with van der Waals surface area (Å²) in [4.78, 5) is 39.5. The number of nitrogens with zero attached hydrogens (tertiary/aromatic N) is 1. The number of aromatic carboxylic acids is 1. The van der Waals surface area contributed by atoms with Crippen molar-refractivity contribution in [3.05, 3.63) is 58.7 Å². The molecule has 5 rings (SSSR count). The van der Waals surface area contributed by atoms with Crippen molar-refractivity contribution < 1.29 is 19.5 Å². The molecule has 1 spiro atoms. The summed E-state index contributed by atoms with van der Waals surface area (Å²) >= 11 is 0. The van der Waals surface area contributed by atoms with Gasteiger partial charge in [-0.2, -0.15) is 0 Å². The van der Waals surface area contributed by atoms with Crippen molar-refractivity contribution in [3.8, 4) is 11.1 Å². The first-order valence-electron chi connectivity index (χ1n) is 13.9. The Bertz CT molecular complexity index is 1260. The lowest BCUT2D eigenvalue weighted by atomic mass is 9.84. The lowest BCUT2D eigenvalue weighted by Gasteiger charge is -2.34. The van der Waals surface area contributed by atoms with Gasteiger partial charge in [0.15, 0.2) is 0 Å². The summed E-state index contributed by atoms with van der Waals surface area (Å²) in [6.45, 7) is 7.35. The van der Waals surface area contributed by atoms with Gasteiger partial charge in [0.2, 0.25) is 5.91 Å². The Morgan fingerprint density at radius 2 is 1.82 bits per heavy atom. The van der Waals surface area contributed by atoms with E-state index in [1.54, 1.807) is 18.2 Å². The normalized spacial score (nSPS) is 20.0. The van der Waals surface area contributed by atoms with E-state index in [4.69, 9.17) is 0 Å². The average Bonchev–Trinajstić information content (AvgIpc) is 3.58. The summed E-state index contributed by atoms with van der Waals surface area (Å²) in [6, 6.07) is 10.9. The molecule has 0 radical (unpaired) electrons. The van der Waals surface area contributed by atoms with E-state index in [2.05, 4.69) is 10.6 Å². The van der Waals surface area contributed by atoms with Crippen molar-refractivity contribution in [1.82, 2.24) is 15.5 Å². The van der Waals surface area contributed by atoms with E-state index in [-0.39, 0.29) is 34.4 Å². The highest BCUT2D eigenvalue weighted by molar-refractivity contribution is 5.90. The second kappa shape index (κ2) is 10.1. The quantitative estimate of drug-likeness (QED) is 0.487. The molecule has 2 saturated carbocycles. The first kappa shape index (κ1) is 26.3. The zero-order valence-corrected chi connectivity index (χ0v) is 22.7. The molecule has 1 atom stereocenters. The minimum atomic E-state index is -0.958. The Labute approximate surface area is 225 Å². The molecule has 3 aliphatic rings. The number of rotatable bonds is 5. The predicted molar refractivity (Wildman–Crippen MR) is 147 cm³/mol. The van der Waals surface area contributed by atoms with Crippen LogP contribution in [-0.4, -0.2) is 40.0 Å². The van der Waals surface area contributed by atoms with Crippen LogP contribution in [0, 0.1) is 11.3 Å². The number of carbonyl (C=O) groups is 3. The van der Waals surface area contributed by atoms with Crippen LogP contribution in [-0.2, 0) is 24.3 Å². The maximum absolute atomic E-state index is 13.1. The maximum atomic E-state index is 13.1. The molecule has 1 heterocycles. The van der Waals surface area contributed by atoms with E-state index < -0.39 is 5.97 Å². The topological polar surface area (TPSA) is 98.7 Å². The molecule has 2 fully saturated rings. The van der Waals surface area contributed by atoms with Crippen LogP contribution in [0.3, 0.4) is 0 Å². The molecule has 3 N–H and O–H groups in total. The summed E-state index contributed by atoms with van der Waals surface area (Å²) in [5, 5.41) is 15.8. The van der Waals surface area contributed by atoms with E-state index >= 15 is 0 Å². The fourth-order valence-corrected chi connectivity index (χ4v) is 6.40. The van der Waals surface area contributed by atoms with Crippen LogP contribution >= 0.6 is 0 Å². The zero-order valence-electron chi connectivity index (χ0n) is 22.7. The van der Waals surface area contributed by atoms with Crippen molar-refractivity contribution in [2.45, 2.75) is 84.3 Å². The molecule has 1 unspecified atom stereocenters. The minimum Gasteiger partial charge on any atom is -0.478 e. The summed E-state index contributed by atoms with van der Waals surface area (Å²) in [5.74, 6) is -0.677. The highest BCUT2D eigenvalue weighted by atomic mass is 16.4. The predicted octanol–water partition coefficient (Wildman–Crippen LogP) is 5.50. The Balaban J connectivity index is 1.41. The number of hydrogen-bond donors (Lipinski definition) is 3. The lowest BCUT2D eigenvalue weighted by molar-refractivity contribution is -0.123. The van der Waals surface area contributed by atoms with Crippen molar-refractivity contribution in [3.63, 3.8) is 0 Å². The van der Waals surface area contributed by atoms with E-state index in [1.807, 2.05) is 43.9 Å². The number of amides is 3. The number of benzene rings is 2.